The van der Waals surface area contributed by atoms with Crippen LogP contribution in [0.5, 0.6) is 11.5 Å². The zero-order valence-corrected chi connectivity index (χ0v) is 18.6. The molecular weight excluding hydrogens is 468 g/mol. The number of likely N-dealkylation sites (tertiary alicyclic amines) is 1. The Balaban J connectivity index is 1.40. The number of ether oxygens (including phenoxy) is 1. The van der Waals surface area contributed by atoms with Crippen molar-refractivity contribution in [1.29, 1.82) is 0 Å². The van der Waals surface area contributed by atoms with Gasteiger partial charge in [-0.05, 0) is 36.8 Å². The van der Waals surface area contributed by atoms with Crippen LogP contribution in [0.4, 0.5) is 23.4 Å². The summed E-state index contributed by atoms with van der Waals surface area (Å²) in [6.45, 7) is 1.55. The van der Waals surface area contributed by atoms with Gasteiger partial charge >= 0.3 is 0 Å². The highest BCUT2D eigenvalue weighted by molar-refractivity contribution is 5.93. The molecule has 7 nitrogen and oxygen atoms in total. The summed E-state index contributed by atoms with van der Waals surface area (Å²) < 4.78 is 62.4. The molecular formula is C24H22F4N4O3. The molecule has 1 N–H and O–H groups in total. The van der Waals surface area contributed by atoms with E-state index >= 15 is 0 Å². The van der Waals surface area contributed by atoms with Crippen molar-refractivity contribution >= 4 is 11.7 Å². The van der Waals surface area contributed by atoms with Gasteiger partial charge in [-0.2, -0.15) is 4.73 Å². The number of aromatic nitrogens is 2. The molecule has 3 aromatic rings. The predicted molar refractivity (Wildman–Crippen MR) is 118 cm³/mol. The molecule has 1 fully saturated rings. The summed E-state index contributed by atoms with van der Waals surface area (Å²) in [5.41, 5.74) is 0.322. The van der Waals surface area contributed by atoms with E-state index in [1.54, 1.807) is 11.8 Å². The number of piperidine rings is 1. The van der Waals surface area contributed by atoms with Crippen molar-refractivity contribution < 1.29 is 31.8 Å². The summed E-state index contributed by atoms with van der Waals surface area (Å²) in [4.78, 5) is 18.4. The van der Waals surface area contributed by atoms with Gasteiger partial charge < -0.3 is 15.3 Å². The van der Waals surface area contributed by atoms with Gasteiger partial charge in [-0.3, -0.25) is 9.69 Å². The Labute approximate surface area is 198 Å². The van der Waals surface area contributed by atoms with Gasteiger partial charge in [-0.15, -0.1) is 0 Å². The SMILES string of the molecule is CC(C(=O)Nc1ccc(Oc2c(F)cccc2F)cn1)N1CCC(F)(F)[C@@H](c2cc[n+]([O-])cc2)C1. The summed E-state index contributed by atoms with van der Waals surface area (Å²) in [6.07, 6.45) is 3.10. The third-order valence-corrected chi connectivity index (χ3v) is 5.94. The number of carbonyl (C=O) groups is 1. The highest BCUT2D eigenvalue weighted by Crippen LogP contribution is 2.40. The number of hydrogen-bond acceptors (Lipinski definition) is 5. The molecule has 0 saturated carbocycles. The van der Waals surface area contributed by atoms with Gasteiger partial charge in [0.15, 0.2) is 29.8 Å². The van der Waals surface area contributed by atoms with Crippen molar-refractivity contribution in [3.05, 3.63) is 83.5 Å². The van der Waals surface area contributed by atoms with E-state index in [0.717, 1.165) is 12.1 Å². The van der Waals surface area contributed by atoms with E-state index < -0.39 is 47.6 Å². The van der Waals surface area contributed by atoms with Crippen LogP contribution in [0.3, 0.4) is 0 Å². The normalized spacial score (nSPS) is 18.6. The fraction of sp³-hybridized carbons (Fsp3) is 0.292. The number of hydrogen-bond donors (Lipinski definition) is 1. The number of amides is 1. The summed E-state index contributed by atoms with van der Waals surface area (Å²) in [5.74, 6) is -6.69. The number of benzene rings is 1. The lowest BCUT2D eigenvalue weighted by Crippen LogP contribution is -2.52. The van der Waals surface area contributed by atoms with E-state index in [1.807, 2.05) is 0 Å². The van der Waals surface area contributed by atoms with E-state index in [-0.39, 0.29) is 24.7 Å². The molecule has 0 radical (unpaired) electrons. The second-order valence-corrected chi connectivity index (χ2v) is 8.25. The minimum Gasteiger partial charge on any atom is -0.619 e. The lowest BCUT2D eigenvalue weighted by Gasteiger charge is -2.40. The lowest BCUT2D eigenvalue weighted by molar-refractivity contribution is -0.605. The quantitative estimate of drug-likeness (QED) is 0.318. The van der Waals surface area contributed by atoms with Crippen LogP contribution in [-0.2, 0) is 4.79 Å². The lowest BCUT2D eigenvalue weighted by atomic mass is 9.87. The molecule has 11 heteroatoms. The molecule has 4 rings (SSSR count). The van der Waals surface area contributed by atoms with Crippen molar-refractivity contribution in [2.24, 2.45) is 0 Å². The van der Waals surface area contributed by atoms with E-state index in [2.05, 4.69) is 10.3 Å². The molecule has 1 unspecified atom stereocenters. The molecule has 184 valence electrons. The van der Waals surface area contributed by atoms with Crippen LogP contribution in [0.1, 0.15) is 24.8 Å². The number of nitrogens with one attached hydrogen (secondary N) is 1. The third-order valence-electron chi connectivity index (χ3n) is 5.94. The van der Waals surface area contributed by atoms with Crippen LogP contribution in [-0.4, -0.2) is 40.8 Å². The van der Waals surface area contributed by atoms with Crippen LogP contribution in [0.2, 0.25) is 0 Å². The Kier molecular flexibility index (Phi) is 6.88. The van der Waals surface area contributed by atoms with Crippen molar-refractivity contribution in [2.75, 3.05) is 18.4 Å². The highest BCUT2D eigenvalue weighted by atomic mass is 19.3. The molecule has 2 atom stereocenters. The number of alkyl halides is 2. The second kappa shape index (κ2) is 9.87. The number of rotatable bonds is 6. The zero-order valence-electron chi connectivity index (χ0n) is 18.6. The molecule has 2 aromatic heterocycles. The fourth-order valence-electron chi connectivity index (χ4n) is 3.89. The van der Waals surface area contributed by atoms with Gasteiger partial charge in [0, 0.05) is 31.6 Å². The number of anilines is 1. The molecule has 0 spiro atoms. The first-order chi connectivity index (χ1) is 16.6. The van der Waals surface area contributed by atoms with Crippen molar-refractivity contribution in [1.82, 2.24) is 9.88 Å². The standard InChI is InChI=1S/C24H22F4N4O3/c1-15(31-12-9-24(27,28)18(14-31)16-7-10-32(34)11-8-16)23(33)30-21-6-5-17(13-29-21)35-22-19(25)3-2-4-20(22)26/h2-8,10-11,13,15,18H,9,12,14H2,1H3,(H,29,30,33)/t15?,18-/m1/s1. The maximum absolute atomic E-state index is 14.6. The maximum atomic E-state index is 14.6. The highest BCUT2D eigenvalue weighted by Gasteiger charge is 2.46. The minimum absolute atomic E-state index is 0.0148. The predicted octanol–water partition coefficient (Wildman–Crippen LogP) is 4.24. The van der Waals surface area contributed by atoms with Gasteiger partial charge in [-0.25, -0.2) is 22.5 Å². The first-order valence-corrected chi connectivity index (χ1v) is 10.8. The van der Waals surface area contributed by atoms with Crippen LogP contribution in [0.25, 0.3) is 0 Å². The molecule has 1 amide bonds. The first kappa shape index (κ1) is 24.4. The average Bonchev–Trinajstić information content (AvgIpc) is 2.83. The van der Waals surface area contributed by atoms with Gasteiger partial charge in [0.05, 0.1) is 18.2 Å². The number of halogens is 4. The van der Waals surface area contributed by atoms with E-state index in [1.165, 1.54) is 48.9 Å². The monoisotopic (exact) mass is 490 g/mol. The van der Waals surface area contributed by atoms with E-state index in [9.17, 15) is 27.6 Å². The maximum Gasteiger partial charge on any atom is 0.257 e. The van der Waals surface area contributed by atoms with Gasteiger partial charge in [0.25, 0.3) is 5.92 Å². The Morgan fingerprint density at radius 1 is 1.20 bits per heavy atom. The second-order valence-electron chi connectivity index (χ2n) is 8.25. The summed E-state index contributed by atoms with van der Waals surface area (Å²) in [5, 5.41) is 13.9. The summed E-state index contributed by atoms with van der Waals surface area (Å²) in [6, 6.07) is 8.08. The zero-order chi connectivity index (χ0) is 25.2. The Bertz CT molecular complexity index is 1170. The van der Waals surface area contributed by atoms with Gasteiger partial charge in [0.1, 0.15) is 11.6 Å². The summed E-state index contributed by atoms with van der Waals surface area (Å²) >= 11 is 0. The van der Waals surface area contributed by atoms with Crippen molar-refractivity contribution in [3.63, 3.8) is 0 Å². The largest absolute Gasteiger partial charge is 0.619 e. The smallest absolute Gasteiger partial charge is 0.257 e. The number of para-hydroxylation sites is 1. The number of carbonyl (C=O) groups excluding carboxylic acids is 1. The first-order valence-electron chi connectivity index (χ1n) is 10.8. The third kappa shape index (κ3) is 5.51. The summed E-state index contributed by atoms with van der Waals surface area (Å²) in [7, 11) is 0. The Morgan fingerprint density at radius 2 is 1.89 bits per heavy atom. The minimum atomic E-state index is -2.98. The number of pyridine rings is 2. The van der Waals surface area contributed by atoms with Crippen LogP contribution >= 0.6 is 0 Å². The molecule has 0 aliphatic carbocycles. The van der Waals surface area contributed by atoms with Crippen molar-refractivity contribution in [2.45, 2.75) is 31.2 Å². The molecule has 35 heavy (non-hydrogen) atoms. The molecule has 1 aliphatic heterocycles. The molecule has 1 aromatic carbocycles. The number of nitrogens with zero attached hydrogens (tertiary/aromatic N) is 3. The van der Waals surface area contributed by atoms with Gasteiger partial charge in [-0.1, -0.05) is 6.07 Å². The Hall–Kier alpha value is -3.73. The molecule has 0 bridgehead atoms. The molecule has 1 aliphatic rings. The van der Waals surface area contributed by atoms with Crippen molar-refractivity contribution in [3.8, 4) is 11.5 Å². The van der Waals surface area contributed by atoms with Crippen LogP contribution in [0.15, 0.2) is 61.1 Å². The molecule has 3 heterocycles. The topological polar surface area (TPSA) is 81.4 Å². The van der Waals surface area contributed by atoms with E-state index in [0.29, 0.717) is 10.3 Å². The Morgan fingerprint density at radius 3 is 2.51 bits per heavy atom. The van der Waals surface area contributed by atoms with Gasteiger partial charge in [0.2, 0.25) is 5.91 Å². The molecule has 1 saturated heterocycles. The van der Waals surface area contributed by atoms with Crippen LogP contribution < -0.4 is 14.8 Å². The van der Waals surface area contributed by atoms with E-state index in [4.69, 9.17) is 4.74 Å². The average molecular weight is 490 g/mol. The van der Waals surface area contributed by atoms with Crippen LogP contribution in [0, 0.1) is 16.8 Å². The fourth-order valence-corrected chi connectivity index (χ4v) is 3.89.